The third-order valence-corrected chi connectivity index (χ3v) is 6.84. The molecular weight excluding hydrogens is 504 g/mol. The van der Waals surface area contributed by atoms with E-state index in [0.717, 1.165) is 74.5 Å². The normalized spacial score (nSPS) is 11.0. The van der Waals surface area contributed by atoms with Crippen molar-refractivity contribution in [2.45, 2.75) is 46.8 Å². The number of carbonyl (C=O) groups excluding carboxylic acids is 1. The average Bonchev–Trinajstić information content (AvgIpc) is 3.36. The minimum absolute atomic E-state index is 0.291. The SMILES string of the molecule is CCCc1onc(COc2c(C)cccc2C)c1COc1ccc(-c2ccc3nc(C(=O)OC)ccc3c2)cc1. The summed E-state index contributed by atoms with van der Waals surface area (Å²) < 4.78 is 22.8. The molecule has 0 unspecified atom stereocenters. The summed E-state index contributed by atoms with van der Waals surface area (Å²) in [5, 5.41) is 5.25. The lowest BCUT2D eigenvalue weighted by atomic mass is 10.0. The largest absolute Gasteiger partial charge is 0.489 e. The van der Waals surface area contributed by atoms with Crippen LogP contribution in [0.25, 0.3) is 22.0 Å². The quantitative estimate of drug-likeness (QED) is 0.172. The molecule has 0 aliphatic carbocycles. The summed E-state index contributed by atoms with van der Waals surface area (Å²) in [7, 11) is 1.35. The molecule has 0 amide bonds. The van der Waals surface area contributed by atoms with E-state index >= 15 is 0 Å². The van der Waals surface area contributed by atoms with Crippen LogP contribution < -0.4 is 9.47 Å². The van der Waals surface area contributed by atoms with E-state index in [0.29, 0.717) is 18.9 Å². The zero-order chi connectivity index (χ0) is 28.1. The molecule has 0 saturated carbocycles. The van der Waals surface area contributed by atoms with Gasteiger partial charge in [-0.3, -0.25) is 0 Å². The predicted molar refractivity (Wildman–Crippen MR) is 154 cm³/mol. The summed E-state index contributed by atoms with van der Waals surface area (Å²) in [5.74, 6) is 2.01. The van der Waals surface area contributed by atoms with Crippen LogP contribution in [-0.2, 0) is 24.4 Å². The Morgan fingerprint density at radius 3 is 2.35 bits per heavy atom. The van der Waals surface area contributed by atoms with Gasteiger partial charge in [0.25, 0.3) is 0 Å². The van der Waals surface area contributed by atoms with Gasteiger partial charge >= 0.3 is 5.97 Å². The summed E-state index contributed by atoms with van der Waals surface area (Å²) in [6.07, 6.45) is 1.73. The van der Waals surface area contributed by atoms with Crippen LogP contribution in [0.2, 0.25) is 0 Å². The molecule has 0 N–H and O–H groups in total. The van der Waals surface area contributed by atoms with Crippen molar-refractivity contribution < 1.29 is 23.5 Å². The molecular formula is C33H32N2O5. The van der Waals surface area contributed by atoms with Crippen molar-refractivity contribution in [1.82, 2.24) is 10.1 Å². The summed E-state index contributed by atoms with van der Waals surface area (Å²) in [4.78, 5) is 16.2. The molecule has 7 nitrogen and oxygen atoms in total. The lowest BCUT2D eigenvalue weighted by Crippen LogP contribution is -2.05. The molecule has 0 atom stereocenters. The van der Waals surface area contributed by atoms with E-state index in [1.54, 1.807) is 6.07 Å². The first-order valence-corrected chi connectivity index (χ1v) is 13.3. The zero-order valence-corrected chi connectivity index (χ0v) is 23.2. The number of methoxy groups -OCH3 is 1. The fourth-order valence-electron chi connectivity index (χ4n) is 4.67. The molecule has 0 radical (unpaired) electrons. The molecule has 40 heavy (non-hydrogen) atoms. The van der Waals surface area contributed by atoms with Gasteiger partial charge in [-0.1, -0.05) is 54.5 Å². The molecule has 2 aromatic heterocycles. The van der Waals surface area contributed by atoms with E-state index in [-0.39, 0.29) is 0 Å². The highest BCUT2D eigenvalue weighted by molar-refractivity contribution is 5.92. The summed E-state index contributed by atoms with van der Waals surface area (Å²) in [6.45, 7) is 6.84. The average molecular weight is 537 g/mol. The lowest BCUT2D eigenvalue weighted by Gasteiger charge is -2.12. The first-order valence-electron chi connectivity index (χ1n) is 13.3. The van der Waals surface area contributed by atoms with Gasteiger partial charge in [0.1, 0.15) is 41.9 Å². The Kier molecular flexibility index (Phi) is 8.10. The van der Waals surface area contributed by atoms with Crippen molar-refractivity contribution in [2.75, 3.05) is 7.11 Å². The Bertz CT molecular complexity index is 1620. The van der Waals surface area contributed by atoms with Gasteiger partial charge in [0.15, 0.2) is 0 Å². The van der Waals surface area contributed by atoms with Crippen LogP contribution in [0.5, 0.6) is 11.5 Å². The maximum Gasteiger partial charge on any atom is 0.356 e. The second-order valence-electron chi connectivity index (χ2n) is 9.70. The Labute approximate surface area is 233 Å². The number of aromatic nitrogens is 2. The minimum atomic E-state index is -0.449. The van der Waals surface area contributed by atoms with Gasteiger partial charge in [-0.25, -0.2) is 9.78 Å². The van der Waals surface area contributed by atoms with Crippen molar-refractivity contribution in [2.24, 2.45) is 0 Å². The second kappa shape index (κ2) is 12.0. The highest BCUT2D eigenvalue weighted by atomic mass is 16.5. The summed E-state index contributed by atoms with van der Waals surface area (Å²) in [5.41, 5.74) is 6.98. The van der Waals surface area contributed by atoms with E-state index in [1.165, 1.54) is 7.11 Å². The van der Waals surface area contributed by atoms with Gasteiger partial charge in [-0.15, -0.1) is 0 Å². The molecule has 0 saturated heterocycles. The maximum absolute atomic E-state index is 11.8. The van der Waals surface area contributed by atoms with Gasteiger partial charge < -0.3 is 18.7 Å². The number of aryl methyl sites for hydroxylation is 3. The highest BCUT2D eigenvalue weighted by Gasteiger charge is 2.18. The van der Waals surface area contributed by atoms with Crippen LogP contribution in [0.15, 0.2) is 77.3 Å². The van der Waals surface area contributed by atoms with Crippen molar-refractivity contribution in [3.8, 4) is 22.6 Å². The van der Waals surface area contributed by atoms with Crippen LogP contribution >= 0.6 is 0 Å². The molecule has 0 aliphatic rings. The fourth-order valence-corrected chi connectivity index (χ4v) is 4.67. The van der Waals surface area contributed by atoms with Crippen LogP contribution in [-0.4, -0.2) is 23.2 Å². The number of hydrogen-bond donors (Lipinski definition) is 0. The van der Waals surface area contributed by atoms with Crippen molar-refractivity contribution in [3.05, 3.63) is 107 Å². The number of benzene rings is 3. The monoisotopic (exact) mass is 536 g/mol. The van der Waals surface area contributed by atoms with Crippen LogP contribution in [0.3, 0.4) is 0 Å². The topological polar surface area (TPSA) is 83.7 Å². The number of para-hydroxylation sites is 1. The van der Waals surface area contributed by atoms with Crippen LogP contribution in [0.4, 0.5) is 0 Å². The number of pyridine rings is 1. The third-order valence-electron chi connectivity index (χ3n) is 6.84. The Hall–Kier alpha value is -4.65. The molecule has 5 aromatic rings. The molecule has 0 aliphatic heterocycles. The Morgan fingerprint density at radius 1 is 0.875 bits per heavy atom. The van der Waals surface area contributed by atoms with Crippen molar-refractivity contribution in [1.29, 1.82) is 0 Å². The smallest absolute Gasteiger partial charge is 0.356 e. The standard InChI is InChI=1S/C33H32N2O5/c1-5-7-31-27(30(35-40-31)20-39-32-21(2)8-6-9-22(32)3)19-38-26-14-10-23(11-15-26)24-12-16-28-25(18-24)13-17-29(34-28)33(36)37-4/h6,8-18H,5,7,19-20H2,1-4H3. The second-order valence-corrected chi connectivity index (χ2v) is 9.70. The van der Waals surface area contributed by atoms with E-state index < -0.39 is 5.97 Å². The van der Waals surface area contributed by atoms with E-state index in [2.05, 4.69) is 23.1 Å². The Morgan fingerprint density at radius 2 is 1.62 bits per heavy atom. The number of hydrogen-bond acceptors (Lipinski definition) is 7. The Balaban J connectivity index is 1.29. The summed E-state index contributed by atoms with van der Waals surface area (Å²) in [6, 6.07) is 23.6. The van der Waals surface area contributed by atoms with Gasteiger partial charge in [0.2, 0.25) is 0 Å². The highest BCUT2D eigenvalue weighted by Crippen LogP contribution is 2.28. The van der Waals surface area contributed by atoms with E-state index in [4.69, 9.17) is 18.7 Å². The molecule has 0 bridgehead atoms. The number of fused-ring (bicyclic) bond motifs is 1. The minimum Gasteiger partial charge on any atom is -0.489 e. The number of nitrogens with zero attached hydrogens (tertiary/aromatic N) is 2. The molecule has 204 valence electrons. The number of esters is 1. The van der Waals surface area contributed by atoms with Crippen LogP contribution in [0.1, 0.15) is 52.0 Å². The third kappa shape index (κ3) is 5.83. The predicted octanol–water partition coefficient (Wildman–Crippen LogP) is 7.40. The first kappa shape index (κ1) is 26.9. The first-order chi connectivity index (χ1) is 19.5. The van der Waals surface area contributed by atoms with Gasteiger partial charge in [0.05, 0.1) is 18.2 Å². The molecule has 0 spiro atoms. The molecule has 0 fully saturated rings. The number of carbonyl (C=O) groups is 1. The molecule has 5 rings (SSSR count). The van der Waals surface area contributed by atoms with Crippen molar-refractivity contribution in [3.63, 3.8) is 0 Å². The van der Waals surface area contributed by atoms with Crippen LogP contribution in [0, 0.1) is 13.8 Å². The van der Waals surface area contributed by atoms with E-state index in [1.807, 2.05) is 74.5 Å². The van der Waals surface area contributed by atoms with Gasteiger partial charge in [-0.05, 0) is 72.9 Å². The maximum atomic E-state index is 11.8. The summed E-state index contributed by atoms with van der Waals surface area (Å²) >= 11 is 0. The van der Waals surface area contributed by atoms with Gasteiger partial charge in [0, 0.05) is 11.8 Å². The molecule has 7 heteroatoms. The fraction of sp³-hybridized carbons (Fsp3) is 0.242. The molecule has 2 heterocycles. The number of ether oxygens (including phenoxy) is 3. The van der Waals surface area contributed by atoms with Crippen molar-refractivity contribution >= 4 is 16.9 Å². The molecule has 3 aromatic carbocycles. The lowest BCUT2D eigenvalue weighted by molar-refractivity contribution is 0.0594. The van der Waals surface area contributed by atoms with E-state index in [9.17, 15) is 4.79 Å². The van der Waals surface area contributed by atoms with Gasteiger partial charge in [-0.2, -0.15) is 0 Å². The zero-order valence-electron chi connectivity index (χ0n) is 23.2. The number of rotatable bonds is 10.